The van der Waals surface area contributed by atoms with E-state index in [0.29, 0.717) is 13.0 Å². The summed E-state index contributed by atoms with van der Waals surface area (Å²) in [7, 11) is 0. The highest BCUT2D eigenvalue weighted by atomic mass is 16.6. The van der Waals surface area contributed by atoms with Crippen molar-refractivity contribution < 1.29 is 19.4 Å². The summed E-state index contributed by atoms with van der Waals surface area (Å²) in [6, 6.07) is 0. The van der Waals surface area contributed by atoms with E-state index in [1.165, 1.54) is 103 Å². The van der Waals surface area contributed by atoms with Gasteiger partial charge in [-0.25, -0.2) is 0 Å². The van der Waals surface area contributed by atoms with Crippen LogP contribution in [0.2, 0.25) is 0 Å². The molecule has 1 atom stereocenters. The quantitative estimate of drug-likeness (QED) is 0.116. The first kappa shape index (κ1) is 30.4. The standard InChI is InChI=1S/C27H54O4/c1-3-5-7-9-10-11-12-13-14-15-16-17-19-21-23-30-26(24-28)25-31-27(29)22-20-18-8-6-4-2/h26,28H,3-25H2,1-2H3. The number of aliphatic hydroxyl groups excluding tert-OH is 1. The van der Waals surface area contributed by atoms with Gasteiger partial charge in [-0.15, -0.1) is 0 Å². The van der Waals surface area contributed by atoms with Gasteiger partial charge in [-0.3, -0.25) is 4.79 Å². The molecule has 1 unspecified atom stereocenters. The van der Waals surface area contributed by atoms with Gasteiger partial charge in [0.25, 0.3) is 0 Å². The number of rotatable bonds is 25. The number of esters is 1. The van der Waals surface area contributed by atoms with Gasteiger partial charge in [0.2, 0.25) is 0 Å². The van der Waals surface area contributed by atoms with Gasteiger partial charge in [-0.1, -0.05) is 123 Å². The van der Waals surface area contributed by atoms with Gasteiger partial charge in [0.05, 0.1) is 6.61 Å². The third-order valence-electron chi connectivity index (χ3n) is 5.97. The molecule has 0 fully saturated rings. The van der Waals surface area contributed by atoms with Crippen LogP contribution in [0, 0.1) is 0 Å². The van der Waals surface area contributed by atoms with E-state index < -0.39 is 0 Å². The molecule has 4 nitrogen and oxygen atoms in total. The van der Waals surface area contributed by atoms with Crippen molar-refractivity contribution in [2.24, 2.45) is 0 Å². The van der Waals surface area contributed by atoms with Gasteiger partial charge >= 0.3 is 5.97 Å². The van der Waals surface area contributed by atoms with Crippen LogP contribution in [0.3, 0.4) is 0 Å². The minimum atomic E-state index is -0.383. The Hall–Kier alpha value is -0.610. The molecule has 0 rings (SSSR count). The fourth-order valence-electron chi connectivity index (χ4n) is 3.83. The first-order chi connectivity index (χ1) is 15.2. The Balaban J connectivity index is 3.37. The summed E-state index contributed by atoms with van der Waals surface area (Å²) >= 11 is 0. The smallest absolute Gasteiger partial charge is 0.305 e. The molecule has 0 aromatic rings. The molecule has 0 aromatic carbocycles. The number of hydrogen-bond acceptors (Lipinski definition) is 4. The summed E-state index contributed by atoms with van der Waals surface area (Å²) in [4.78, 5) is 11.7. The van der Waals surface area contributed by atoms with Crippen LogP contribution >= 0.6 is 0 Å². The SMILES string of the molecule is CCCCCCCCCCCCCCCCOC(CO)COC(=O)CCCCCCC. The van der Waals surface area contributed by atoms with E-state index >= 15 is 0 Å². The average Bonchev–Trinajstić information content (AvgIpc) is 2.78. The lowest BCUT2D eigenvalue weighted by Crippen LogP contribution is -2.26. The second kappa shape index (κ2) is 25.6. The number of carbonyl (C=O) groups is 1. The lowest BCUT2D eigenvalue weighted by atomic mass is 10.0. The van der Waals surface area contributed by atoms with E-state index in [9.17, 15) is 9.90 Å². The van der Waals surface area contributed by atoms with E-state index in [4.69, 9.17) is 9.47 Å². The van der Waals surface area contributed by atoms with E-state index in [2.05, 4.69) is 13.8 Å². The van der Waals surface area contributed by atoms with Crippen molar-refractivity contribution in [2.75, 3.05) is 19.8 Å². The van der Waals surface area contributed by atoms with Crippen molar-refractivity contribution in [3.8, 4) is 0 Å². The second-order valence-electron chi connectivity index (χ2n) is 9.12. The van der Waals surface area contributed by atoms with Crippen LogP contribution in [-0.4, -0.2) is 37.0 Å². The first-order valence-electron chi connectivity index (χ1n) is 13.6. The fraction of sp³-hybridized carbons (Fsp3) is 0.963. The van der Waals surface area contributed by atoms with Gasteiger partial charge in [0.1, 0.15) is 12.7 Å². The summed E-state index contributed by atoms with van der Waals surface area (Å²) in [5.74, 6) is -0.171. The normalized spacial score (nSPS) is 12.2. The Morgan fingerprint density at radius 2 is 1.06 bits per heavy atom. The number of carbonyl (C=O) groups excluding carboxylic acids is 1. The predicted octanol–water partition coefficient (Wildman–Crippen LogP) is 7.75. The minimum absolute atomic E-state index is 0.0949. The van der Waals surface area contributed by atoms with Crippen LogP contribution in [0.4, 0.5) is 0 Å². The molecular formula is C27H54O4. The molecule has 0 aromatic heterocycles. The molecule has 0 saturated carbocycles. The van der Waals surface area contributed by atoms with E-state index in [1.54, 1.807) is 0 Å². The highest BCUT2D eigenvalue weighted by Gasteiger charge is 2.11. The maximum Gasteiger partial charge on any atom is 0.305 e. The first-order valence-corrected chi connectivity index (χ1v) is 13.6. The molecule has 0 aliphatic heterocycles. The van der Waals surface area contributed by atoms with Crippen molar-refractivity contribution in [2.45, 2.75) is 148 Å². The monoisotopic (exact) mass is 442 g/mol. The lowest BCUT2D eigenvalue weighted by Gasteiger charge is -2.15. The number of ether oxygens (including phenoxy) is 2. The van der Waals surface area contributed by atoms with E-state index in [1.807, 2.05) is 0 Å². The molecule has 0 aliphatic rings. The summed E-state index contributed by atoms with van der Waals surface area (Å²) in [5.41, 5.74) is 0. The van der Waals surface area contributed by atoms with Crippen LogP contribution < -0.4 is 0 Å². The van der Waals surface area contributed by atoms with Crippen LogP contribution in [0.5, 0.6) is 0 Å². The Morgan fingerprint density at radius 3 is 1.52 bits per heavy atom. The Labute approximate surface area is 193 Å². The Kier molecular flexibility index (Phi) is 25.1. The zero-order valence-electron chi connectivity index (χ0n) is 21.0. The maximum absolute atomic E-state index is 11.7. The zero-order valence-corrected chi connectivity index (χ0v) is 21.0. The minimum Gasteiger partial charge on any atom is -0.463 e. The lowest BCUT2D eigenvalue weighted by molar-refractivity contribution is -0.149. The third-order valence-corrected chi connectivity index (χ3v) is 5.97. The molecule has 1 N–H and O–H groups in total. The van der Waals surface area contributed by atoms with Gasteiger partial charge in [0.15, 0.2) is 0 Å². The van der Waals surface area contributed by atoms with Gasteiger partial charge in [0, 0.05) is 13.0 Å². The average molecular weight is 443 g/mol. The number of hydrogen-bond donors (Lipinski definition) is 1. The molecule has 0 aliphatic carbocycles. The van der Waals surface area contributed by atoms with E-state index in [-0.39, 0.29) is 25.3 Å². The molecule has 31 heavy (non-hydrogen) atoms. The van der Waals surface area contributed by atoms with Gasteiger partial charge in [-0.05, 0) is 12.8 Å². The van der Waals surface area contributed by atoms with Crippen molar-refractivity contribution in [1.29, 1.82) is 0 Å². The second-order valence-corrected chi connectivity index (χ2v) is 9.12. The molecule has 186 valence electrons. The van der Waals surface area contributed by atoms with Crippen LogP contribution in [0.15, 0.2) is 0 Å². The molecule has 0 spiro atoms. The Morgan fingerprint density at radius 1 is 0.645 bits per heavy atom. The van der Waals surface area contributed by atoms with Crippen LogP contribution in [-0.2, 0) is 14.3 Å². The van der Waals surface area contributed by atoms with E-state index in [0.717, 1.165) is 19.3 Å². The summed E-state index contributed by atoms with van der Waals surface area (Å²) < 4.78 is 10.9. The fourth-order valence-corrected chi connectivity index (χ4v) is 3.83. The maximum atomic E-state index is 11.7. The van der Waals surface area contributed by atoms with Gasteiger partial charge in [-0.2, -0.15) is 0 Å². The van der Waals surface area contributed by atoms with Crippen molar-refractivity contribution >= 4 is 5.97 Å². The van der Waals surface area contributed by atoms with Crippen LogP contribution in [0.25, 0.3) is 0 Å². The van der Waals surface area contributed by atoms with Crippen molar-refractivity contribution in [3.05, 3.63) is 0 Å². The van der Waals surface area contributed by atoms with Crippen molar-refractivity contribution in [1.82, 2.24) is 0 Å². The Bertz CT molecular complexity index is 359. The molecule has 0 radical (unpaired) electrons. The highest BCUT2D eigenvalue weighted by molar-refractivity contribution is 5.69. The van der Waals surface area contributed by atoms with Crippen molar-refractivity contribution in [3.63, 3.8) is 0 Å². The molecule has 4 heteroatoms. The molecular weight excluding hydrogens is 388 g/mol. The number of unbranched alkanes of at least 4 members (excludes halogenated alkanes) is 17. The van der Waals surface area contributed by atoms with Crippen LogP contribution in [0.1, 0.15) is 142 Å². The summed E-state index contributed by atoms with van der Waals surface area (Å²) in [6.45, 7) is 5.17. The predicted molar refractivity (Wildman–Crippen MR) is 131 cm³/mol. The molecule has 0 amide bonds. The summed E-state index contributed by atoms with van der Waals surface area (Å²) in [6.07, 6.45) is 24.4. The largest absolute Gasteiger partial charge is 0.463 e. The molecule has 0 heterocycles. The molecule has 0 bridgehead atoms. The third kappa shape index (κ3) is 23.9. The molecule has 0 saturated heterocycles. The number of aliphatic hydroxyl groups is 1. The summed E-state index contributed by atoms with van der Waals surface area (Å²) in [5, 5.41) is 9.41. The topological polar surface area (TPSA) is 55.8 Å². The zero-order chi connectivity index (χ0) is 22.8. The highest BCUT2D eigenvalue weighted by Crippen LogP contribution is 2.13. The van der Waals surface area contributed by atoms with Gasteiger partial charge < -0.3 is 14.6 Å².